The molecule has 9 heteroatoms. The lowest BCUT2D eigenvalue weighted by molar-refractivity contribution is -0.116. The highest BCUT2D eigenvalue weighted by atomic mass is 35.5. The molecule has 1 amide bonds. The number of rotatable bonds is 5. The number of nitrogens with one attached hydrogen (secondary N) is 1. The largest absolute Gasteiger partial charge is 0.361 e. The molecule has 0 aliphatic rings. The van der Waals surface area contributed by atoms with Crippen LogP contribution in [0.2, 0.25) is 5.02 Å². The SMILES string of the molecule is Cc1noc(C)c1CCC(=O)Nc1c(C#N)cnn1-c1ccc(Cl)cc1F. The van der Waals surface area contributed by atoms with Crippen molar-refractivity contribution in [3.8, 4) is 11.8 Å². The Hall–Kier alpha value is -3.18. The normalized spacial score (nSPS) is 10.6. The Morgan fingerprint density at radius 2 is 2.22 bits per heavy atom. The summed E-state index contributed by atoms with van der Waals surface area (Å²) in [6.45, 7) is 3.58. The number of nitriles is 1. The van der Waals surface area contributed by atoms with Crippen LogP contribution >= 0.6 is 11.6 Å². The summed E-state index contributed by atoms with van der Waals surface area (Å²) in [5.41, 5.74) is 1.78. The second-order valence-electron chi connectivity index (χ2n) is 5.88. The van der Waals surface area contributed by atoms with E-state index in [0.717, 1.165) is 22.0 Å². The van der Waals surface area contributed by atoms with Crippen molar-refractivity contribution < 1.29 is 13.7 Å². The van der Waals surface area contributed by atoms with Crippen LogP contribution in [0.25, 0.3) is 5.69 Å². The van der Waals surface area contributed by atoms with Crippen LogP contribution in [-0.4, -0.2) is 20.8 Å². The van der Waals surface area contributed by atoms with Crippen LogP contribution < -0.4 is 5.32 Å². The van der Waals surface area contributed by atoms with Crippen molar-refractivity contribution in [2.75, 3.05) is 5.32 Å². The molecule has 0 radical (unpaired) electrons. The van der Waals surface area contributed by atoms with Crippen molar-refractivity contribution in [3.63, 3.8) is 0 Å². The minimum absolute atomic E-state index is 0.0712. The maximum Gasteiger partial charge on any atom is 0.225 e. The Morgan fingerprint density at radius 3 is 2.85 bits per heavy atom. The number of aromatic nitrogens is 3. The smallest absolute Gasteiger partial charge is 0.225 e. The van der Waals surface area contributed by atoms with Gasteiger partial charge in [-0.3, -0.25) is 4.79 Å². The van der Waals surface area contributed by atoms with Crippen molar-refractivity contribution in [2.24, 2.45) is 0 Å². The average Bonchev–Trinajstić information content (AvgIpc) is 3.16. The highest BCUT2D eigenvalue weighted by Gasteiger charge is 2.18. The maximum absolute atomic E-state index is 14.2. The number of carbonyl (C=O) groups excluding carboxylic acids is 1. The molecule has 0 spiro atoms. The molecule has 3 rings (SSSR count). The molecular weight excluding hydrogens is 373 g/mol. The summed E-state index contributed by atoms with van der Waals surface area (Å²) in [5.74, 6) is -0.210. The van der Waals surface area contributed by atoms with E-state index in [1.807, 2.05) is 6.07 Å². The third kappa shape index (κ3) is 3.83. The molecule has 7 nitrogen and oxygen atoms in total. The highest BCUT2D eigenvalue weighted by molar-refractivity contribution is 6.30. The number of aryl methyl sites for hydroxylation is 2. The van der Waals surface area contributed by atoms with E-state index in [1.54, 1.807) is 13.8 Å². The summed E-state index contributed by atoms with van der Waals surface area (Å²) < 4.78 is 20.5. The fraction of sp³-hybridized carbons (Fsp3) is 0.222. The number of amides is 1. The molecule has 0 fully saturated rings. The van der Waals surface area contributed by atoms with E-state index in [2.05, 4.69) is 15.6 Å². The summed E-state index contributed by atoms with van der Waals surface area (Å²) in [4.78, 5) is 12.4. The molecule has 2 heterocycles. The summed E-state index contributed by atoms with van der Waals surface area (Å²) in [6, 6.07) is 5.99. The van der Waals surface area contributed by atoms with E-state index >= 15 is 0 Å². The minimum atomic E-state index is -0.624. The molecule has 0 aliphatic carbocycles. The second kappa shape index (κ2) is 7.60. The lowest BCUT2D eigenvalue weighted by atomic mass is 10.1. The molecular formula is C18H15ClFN5O2. The summed E-state index contributed by atoms with van der Waals surface area (Å²) >= 11 is 5.77. The number of halogens is 2. The van der Waals surface area contributed by atoms with Gasteiger partial charge < -0.3 is 9.84 Å². The van der Waals surface area contributed by atoms with Crippen molar-refractivity contribution in [3.05, 3.63) is 57.8 Å². The van der Waals surface area contributed by atoms with E-state index in [-0.39, 0.29) is 34.4 Å². The topological polar surface area (TPSA) is 96.7 Å². The lowest BCUT2D eigenvalue weighted by Gasteiger charge is -2.10. The predicted molar refractivity (Wildman–Crippen MR) is 96.2 cm³/mol. The van der Waals surface area contributed by atoms with Crippen LogP contribution in [0.15, 0.2) is 28.9 Å². The molecule has 2 aromatic heterocycles. The maximum atomic E-state index is 14.2. The fourth-order valence-electron chi connectivity index (χ4n) is 2.68. The van der Waals surface area contributed by atoms with Gasteiger partial charge in [-0.1, -0.05) is 16.8 Å². The van der Waals surface area contributed by atoms with Gasteiger partial charge in [-0.15, -0.1) is 0 Å². The molecule has 0 aliphatic heterocycles. The molecule has 138 valence electrons. The van der Waals surface area contributed by atoms with Gasteiger partial charge in [0.05, 0.1) is 11.9 Å². The first kappa shape index (κ1) is 18.6. The predicted octanol–water partition coefficient (Wildman–Crippen LogP) is 3.71. The van der Waals surface area contributed by atoms with Gasteiger partial charge in [-0.2, -0.15) is 10.4 Å². The second-order valence-corrected chi connectivity index (χ2v) is 6.31. The first-order valence-electron chi connectivity index (χ1n) is 8.06. The van der Waals surface area contributed by atoms with Crippen LogP contribution in [-0.2, 0) is 11.2 Å². The van der Waals surface area contributed by atoms with Crippen LogP contribution in [0.3, 0.4) is 0 Å². The van der Waals surface area contributed by atoms with E-state index in [1.165, 1.54) is 18.3 Å². The standard InChI is InChI=1S/C18H15ClFN5O2/c1-10-14(11(2)27-24-10)4-6-17(26)23-18-12(8-21)9-22-25(18)16-5-3-13(19)7-15(16)20/h3,5,7,9H,4,6H2,1-2H3,(H,23,26). The van der Waals surface area contributed by atoms with E-state index in [9.17, 15) is 14.4 Å². The first-order chi connectivity index (χ1) is 12.9. The van der Waals surface area contributed by atoms with Gasteiger partial charge >= 0.3 is 0 Å². The van der Waals surface area contributed by atoms with Crippen LogP contribution in [0.4, 0.5) is 10.2 Å². The first-order valence-corrected chi connectivity index (χ1v) is 8.43. The molecule has 0 bridgehead atoms. The third-order valence-electron chi connectivity index (χ3n) is 4.07. The molecule has 0 atom stereocenters. The number of carbonyl (C=O) groups is 1. The monoisotopic (exact) mass is 387 g/mol. The molecule has 0 saturated carbocycles. The molecule has 0 saturated heterocycles. The molecule has 1 N–H and O–H groups in total. The lowest BCUT2D eigenvalue weighted by Crippen LogP contribution is -2.17. The number of anilines is 1. The molecule has 3 aromatic rings. The van der Waals surface area contributed by atoms with Crippen LogP contribution in [0.1, 0.15) is 29.0 Å². The Bertz CT molecular complexity index is 1030. The minimum Gasteiger partial charge on any atom is -0.361 e. The van der Waals surface area contributed by atoms with Gasteiger partial charge in [0.1, 0.15) is 28.9 Å². The van der Waals surface area contributed by atoms with Gasteiger partial charge in [0.2, 0.25) is 5.91 Å². The van der Waals surface area contributed by atoms with E-state index in [0.29, 0.717) is 12.2 Å². The van der Waals surface area contributed by atoms with Gasteiger partial charge in [-0.05, 0) is 38.5 Å². The van der Waals surface area contributed by atoms with Crippen LogP contribution in [0, 0.1) is 31.0 Å². The van der Waals surface area contributed by atoms with Crippen molar-refractivity contribution >= 4 is 23.3 Å². The van der Waals surface area contributed by atoms with E-state index in [4.69, 9.17) is 16.1 Å². The van der Waals surface area contributed by atoms with Gasteiger partial charge in [-0.25, -0.2) is 9.07 Å². The number of hydrogen-bond acceptors (Lipinski definition) is 5. The Labute approximate surface area is 159 Å². The van der Waals surface area contributed by atoms with Gasteiger partial charge in [0.25, 0.3) is 0 Å². The van der Waals surface area contributed by atoms with Crippen molar-refractivity contribution in [2.45, 2.75) is 26.7 Å². The number of benzene rings is 1. The Kier molecular flexibility index (Phi) is 5.23. The zero-order valence-electron chi connectivity index (χ0n) is 14.6. The summed E-state index contributed by atoms with van der Waals surface area (Å²) in [6.07, 6.45) is 1.83. The molecule has 0 unspecified atom stereocenters. The summed E-state index contributed by atoms with van der Waals surface area (Å²) in [7, 11) is 0. The average molecular weight is 388 g/mol. The molecule has 1 aromatic carbocycles. The van der Waals surface area contributed by atoms with Gasteiger partial charge in [0.15, 0.2) is 5.82 Å². The zero-order chi connectivity index (χ0) is 19.6. The molecule has 27 heavy (non-hydrogen) atoms. The number of nitrogens with zero attached hydrogens (tertiary/aromatic N) is 4. The van der Waals surface area contributed by atoms with Crippen molar-refractivity contribution in [1.29, 1.82) is 5.26 Å². The van der Waals surface area contributed by atoms with E-state index < -0.39 is 5.82 Å². The van der Waals surface area contributed by atoms with Crippen molar-refractivity contribution in [1.82, 2.24) is 14.9 Å². The number of hydrogen-bond donors (Lipinski definition) is 1. The fourth-order valence-corrected chi connectivity index (χ4v) is 2.84. The van der Waals surface area contributed by atoms with Crippen LogP contribution in [0.5, 0.6) is 0 Å². The Balaban J connectivity index is 1.83. The Morgan fingerprint density at radius 1 is 1.44 bits per heavy atom. The quantitative estimate of drug-likeness (QED) is 0.719. The summed E-state index contributed by atoms with van der Waals surface area (Å²) in [5, 5.41) is 20.0. The van der Waals surface area contributed by atoms with Gasteiger partial charge in [0, 0.05) is 17.0 Å². The zero-order valence-corrected chi connectivity index (χ0v) is 15.3. The highest BCUT2D eigenvalue weighted by Crippen LogP contribution is 2.24. The third-order valence-corrected chi connectivity index (χ3v) is 4.30.